The minimum absolute atomic E-state index is 0.144. The number of hydrogen-bond acceptors (Lipinski definition) is 4. The van der Waals surface area contributed by atoms with E-state index in [-0.39, 0.29) is 24.7 Å². The molecule has 0 spiro atoms. The van der Waals surface area contributed by atoms with Gasteiger partial charge < -0.3 is 10.8 Å². The van der Waals surface area contributed by atoms with Gasteiger partial charge in [-0.1, -0.05) is 13.3 Å². The molecule has 1 aromatic heterocycles. The molecule has 1 aliphatic heterocycles. The highest BCUT2D eigenvalue weighted by Crippen LogP contribution is 2.34. The van der Waals surface area contributed by atoms with E-state index in [9.17, 15) is 5.11 Å². The van der Waals surface area contributed by atoms with E-state index in [0.717, 1.165) is 19.4 Å². The van der Waals surface area contributed by atoms with Gasteiger partial charge in [-0.15, -0.1) is 11.3 Å². The molecule has 0 aliphatic carbocycles. The number of piperidine rings is 1. The zero-order valence-electron chi connectivity index (χ0n) is 12.0. The van der Waals surface area contributed by atoms with Crippen LogP contribution in [0, 0.1) is 6.92 Å². The number of aliphatic hydroxyl groups is 1. The quantitative estimate of drug-likeness (QED) is 0.873. The number of nitrogens with zero attached hydrogens (tertiary/aromatic N) is 1. The summed E-state index contributed by atoms with van der Waals surface area (Å²) in [6.07, 6.45) is 4.50. The Morgan fingerprint density at radius 2 is 2.26 bits per heavy atom. The number of hydrogen-bond donors (Lipinski definition) is 2. The molecule has 1 saturated heterocycles. The number of rotatable bonds is 5. The zero-order valence-corrected chi connectivity index (χ0v) is 12.8. The number of aliphatic hydroxyl groups excluding tert-OH is 1. The van der Waals surface area contributed by atoms with Gasteiger partial charge in [0.15, 0.2) is 0 Å². The first kappa shape index (κ1) is 15.0. The third-order valence-corrected chi connectivity index (χ3v) is 5.24. The second-order valence-electron chi connectivity index (χ2n) is 5.54. The van der Waals surface area contributed by atoms with Gasteiger partial charge in [0.1, 0.15) is 0 Å². The van der Waals surface area contributed by atoms with Crippen LogP contribution >= 0.6 is 11.3 Å². The maximum absolute atomic E-state index is 9.64. The van der Waals surface area contributed by atoms with Crippen molar-refractivity contribution in [3.63, 3.8) is 0 Å². The van der Waals surface area contributed by atoms with Crippen LogP contribution < -0.4 is 5.73 Å². The fourth-order valence-corrected chi connectivity index (χ4v) is 4.12. The Balaban J connectivity index is 2.26. The third kappa shape index (κ3) is 3.37. The van der Waals surface area contributed by atoms with Crippen LogP contribution in [-0.4, -0.2) is 35.2 Å². The van der Waals surface area contributed by atoms with Crippen LogP contribution in [0.15, 0.2) is 12.1 Å². The summed E-state index contributed by atoms with van der Waals surface area (Å²) < 4.78 is 0. The van der Waals surface area contributed by atoms with Crippen LogP contribution in [0.5, 0.6) is 0 Å². The predicted molar refractivity (Wildman–Crippen MR) is 81.5 cm³/mol. The lowest BCUT2D eigenvalue weighted by Crippen LogP contribution is -2.49. The zero-order chi connectivity index (χ0) is 13.8. The fourth-order valence-electron chi connectivity index (χ4n) is 3.04. The van der Waals surface area contributed by atoms with Crippen LogP contribution in [0.1, 0.15) is 48.4 Å². The second kappa shape index (κ2) is 6.84. The van der Waals surface area contributed by atoms with Gasteiger partial charge in [-0.2, -0.15) is 0 Å². The summed E-state index contributed by atoms with van der Waals surface area (Å²) in [6, 6.07) is 5.07. The largest absolute Gasteiger partial charge is 0.395 e. The van der Waals surface area contributed by atoms with Crippen LogP contribution in [0.25, 0.3) is 0 Å². The van der Waals surface area contributed by atoms with Crippen molar-refractivity contribution in [1.82, 2.24) is 4.90 Å². The van der Waals surface area contributed by atoms with Crippen LogP contribution in [-0.2, 0) is 0 Å². The van der Waals surface area contributed by atoms with Crippen molar-refractivity contribution in [2.75, 3.05) is 13.2 Å². The van der Waals surface area contributed by atoms with Crippen LogP contribution in [0.2, 0.25) is 0 Å². The Morgan fingerprint density at radius 3 is 2.84 bits per heavy atom. The molecule has 108 valence electrons. The number of likely N-dealkylation sites (tertiary alicyclic amines) is 1. The van der Waals surface area contributed by atoms with E-state index in [2.05, 4.69) is 30.9 Å². The summed E-state index contributed by atoms with van der Waals surface area (Å²) >= 11 is 1.84. The molecule has 3 atom stereocenters. The van der Waals surface area contributed by atoms with Crippen LogP contribution in [0.4, 0.5) is 0 Å². The van der Waals surface area contributed by atoms with E-state index < -0.39 is 0 Å². The third-order valence-electron chi connectivity index (χ3n) is 4.17. The molecule has 1 aliphatic rings. The lowest BCUT2D eigenvalue weighted by molar-refractivity contribution is 0.0430. The van der Waals surface area contributed by atoms with E-state index in [4.69, 9.17) is 5.73 Å². The highest BCUT2D eigenvalue weighted by molar-refractivity contribution is 7.12. The maximum Gasteiger partial charge on any atom is 0.0596 e. The topological polar surface area (TPSA) is 49.5 Å². The van der Waals surface area contributed by atoms with E-state index in [1.165, 1.54) is 22.6 Å². The minimum Gasteiger partial charge on any atom is -0.395 e. The molecule has 0 radical (unpaired) electrons. The molecule has 0 aromatic carbocycles. The standard InChI is InChI=1S/C15H26N2OS/c1-3-13(16)15(14-8-7-11(2)19-14)17-9-5-4-6-12(17)10-18/h7-8,12-13,15,18H,3-6,9-10,16H2,1-2H3. The van der Waals surface area contributed by atoms with Gasteiger partial charge in [-0.25, -0.2) is 0 Å². The summed E-state index contributed by atoms with van der Waals surface area (Å²) in [5.41, 5.74) is 6.39. The van der Waals surface area contributed by atoms with Crippen LogP contribution in [0.3, 0.4) is 0 Å². The predicted octanol–water partition coefficient (Wildman–Crippen LogP) is 2.68. The van der Waals surface area contributed by atoms with E-state index in [1.807, 2.05) is 11.3 Å². The molecule has 1 fully saturated rings. The maximum atomic E-state index is 9.64. The molecule has 4 heteroatoms. The summed E-state index contributed by atoms with van der Waals surface area (Å²) in [5.74, 6) is 0. The Labute approximate surface area is 120 Å². The van der Waals surface area contributed by atoms with Crippen molar-refractivity contribution in [3.8, 4) is 0 Å². The monoisotopic (exact) mass is 282 g/mol. The smallest absolute Gasteiger partial charge is 0.0596 e. The molecule has 2 heterocycles. The van der Waals surface area contributed by atoms with Gasteiger partial charge in [0, 0.05) is 21.8 Å². The molecule has 3 unspecified atom stereocenters. The molecular formula is C15H26N2OS. The summed E-state index contributed by atoms with van der Waals surface area (Å²) in [6.45, 7) is 5.59. The summed E-state index contributed by atoms with van der Waals surface area (Å²) in [5, 5.41) is 9.64. The number of thiophene rings is 1. The Kier molecular flexibility index (Phi) is 5.39. The van der Waals surface area contributed by atoms with Crippen molar-refractivity contribution in [2.45, 2.75) is 57.7 Å². The van der Waals surface area contributed by atoms with Crippen molar-refractivity contribution in [2.24, 2.45) is 5.73 Å². The van der Waals surface area contributed by atoms with Gasteiger partial charge in [0.05, 0.1) is 12.6 Å². The highest BCUT2D eigenvalue weighted by Gasteiger charge is 2.33. The van der Waals surface area contributed by atoms with Gasteiger partial charge in [0.25, 0.3) is 0 Å². The molecule has 0 amide bonds. The molecule has 19 heavy (non-hydrogen) atoms. The highest BCUT2D eigenvalue weighted by atomic mass is 32.1. The first-order valence-electron chi connectivity index (χ1n) is 7.35. The number of nitrogens with two attached hydrogens (primary N) is 1. The van der Waals surface area contributed by atoms with Gasteiger partial charge in [0.2, 0.25) is 0 Å². The van der Waals surface area contributed by atoms with E-state index in [0.29, 0.717) is 0 Å². The molecule has 1 aromatic rings. The Hall–Kier alpha value is -0.420. The van der Waals surface area contributed by atoms with Gasteiger partial charge in [-0.3, -0.25) is 4.90 Å². The normalized spacial score (nSPS) is 24.3. The average Bonchev–Trinajstić information content (AvgIpc) is 2.85. The van der Waals surface area contributed by atoms with E-state index >= 15 is 0 Å². The summed E-state index contributed by atoms with van der Waals surface area (Å²) in [7, 11) is 0. The fraction of sp³-hybridized carbons (Fsp3) is 0.733. The molecule has 2 rings (SSSR count). The molecule has 3 N–H and O–H groups in total. The number of aryl methyl sites for hydroxylation is 1. The molecule has 0 bridgehead atoms. The molecule has 0 saturated carbocycles. The lowest BCUT2D eigenvalue weighted by atomic mass is 9.95. The van der Waals surface area contributed by atoms with Crippen molar-refractivity contribution in [3.05, 3.63) is 21.9 Å². The van der Waals surface area contributed by atoms with E-state index in [1.54, 1.807) is 0 Å². The Bertz CT molecular complexity index is 393. The first-order valence-corrected chi connectivity index (χ1v) is 8.17. The lowest BCUT2D eigenvalue weighted by Gasteiger charge is -2.42. The van der Waals surface area contributed by atoms with Crippen molar-refractivity contribution >= 4 is 11.3 Å². The summed E-state index contributed by atoms with van der Waals surface area (Å²) in [4.78, 5) is 5.14. The average molecular weight is 282 g/mol. The SMILES string of the molecule is CCC(N)C(c1ccc(C)s1)N1CCCCC1CO. The molecular weight excluding hydrogens is 256 g/mol. The molecule has 3 nitrogen and oxygen atoms in total. The van der Waals surface area contributed by atoms with Crippen molar-refractivity contribution in [1.29, 1.82) is 0 Å². The Morgan fingerprint density at radius 1 is 1.47 bits per heavy atom. The minimum atomic E-state index is 0.144. The van der Waals surface area contributed by atoms with Gasteiger partial charge in [-0.05, 0) is 44.9 Å². The van der Waals surface area contributed by atoms with Gasteiger partial charge >= 0.3 is 0 Å². The second-order valence-corrected chi connectivity index (χ2v) is 6.85. The van der Waals surface area contributed by atoms with Crippen molar-refractivity contribution < 1.29 is 5.11 Å². The first-order chi connectivity index (χ1) is 9.17.